The Morgan fingerprint density at radius 3 is 2.55 bits per heavy atom. The summed E-state index contributed by atoms with van der Waals surface area (Å²) in [4.78, 5) is 29.9. The van der Waals surface area contributed by atoms with Crippen LogP contribution in [-0.2, 0) is 11.3 Å². The van der Waals surface area contributed by atoms with E-state index in [2.05, 4.69) is 10.3 Å². The highest BCUT2D eigenvalue weighted by Gasteiger charge is 2.26. The van der Waals surface area contributed by atoms with Crippen LogP contribution in [0.2, 0.25) is 5.02 Å². The van der Waals surface area contributed by atoms with Gasteiger partial charge >= 0.3 is 0 Å². The fourth-order valence-corrected chi connectivity index (χ4v) is 3.70. The second kappa shape index (κ2) is 8.62. The molecule has 6 nitrogen and oxygen atoms in total. The summed E-state index contributed by atoms with van der Waals surface area (Å²) in [6.45, 7) is 2.37. The molecular weight excluding hydrogens is 414 g/mol. The van der Waals surface area contributed by atoms with E-state index in [1.807, 2.05) is 47.9 Å². The average Bonchev–Trinajstić information content (AvgIpc) is 3.05. The molecule has 4 aromatic rings. The minimum Gasteiger partial charge on any atom is -0.497 e. The topological polar surface area (TPSA) is 73.2 Å². The Bertz CT molecular complexity index is 1260. The minimum atomic E-state index is -0.741. The van der Waals surface area contributed by atoms with Gasteiger partial charge < -0.3 is 14.6 Å². The van der Waals surface area contributed by atoms with E-state index in [9.17, 15) is 9.59 Å². The van der Waals surface area contributed by atoms with Gasteiger partial charge in [-0.1, -0.05) is 29.8 Å². The van der Waals surface area contributed by atoms with Gasteiger partial charge in [-0.25, -0.2) is 4.98 Å². The van der Waals surface area contributed by atoms with Crippen LogP contribution in [-0.4, -0.2) is 28.4 Å². The van der Waals surface area contributed by atoms with Crippen molar-refractivity contribution in [2.75, 3.05) is 12.4 Å². The molecule has 0 aliphatic rings. The van der Waals surface area contributed by atoms with Crippen molar-refractivity contribution >= 4 is 40.0 Å². The van der Waals surface area contributed by atoms with Crippen molar-refractivity contribution in [3.8, 4) is 5.75 Å². The van der Waals surface area contributed by atoms with Crippen LogP contribution in [0.4, 0.5) is 5.82 Å². The molecule has 2 aromatic heterocycles. The number of hydrogen-bond acceptors (Lipinski definition) is 4. The zero-order valence-corrected chi connectivity index (χ0v) is 17.8. The fourth-order valence-electron chi connectivity index (χ4n) is 3.57. The van der Waals surface area contributed by atoms with Gasteiger partial charge in [0, 0.05) is 34.4 Å². The molecule has 0 spiro atoms. The third kappa shape index (κ3) is 4.15. The molecule has 0 unspecified atom stereocenters. The standard InChI is InChI=1S/C24H20ClN3O3/c1-15-22(23(29)24(30)27-21-5-3-4-12-26-21)19-13-18(31-2)10-11-20(19)28(15)14-16-6-8-17(25)9-7-16/h3-13H,14H2,1-2H3,(H,26,27,30). The normalized spacial score (nSPS) is 10.8. The molecule has 4 rings (SSSR count). The van der Waals surface area contributed by atoms with E-state index in [4.69, 9.17) is 16.3 Å². The molecule has 0 aliphatic carbocycles. The first-order valence-corrected chi connectivity index (χ1v) is 10.0. The molecule has 0 saturated carbocycles. The lowest BCUT2D eigenvalue weighted by atomic mass is 10.1. The second-order valence-corrected chi connectivity index (χ2v) is 7.49. The highest BCUT2D eigenvalue weighted by Crippen LogP contribution is 2.31. The molecule has 0 fully saturated rings. The van der Waals surface area contributed by atoms with Crippen molar-refractivity contribution in [2.45, 2.75) is 13.5 Å². The largest absolute Gasteiger partial charge is 0.497 e. The number of ether oxygens (including phenoxy) is 1. The fraction of sp³-hybridized carbons (Fsp3) is 0.125. The van der Waals surface area contributed by atoms with Crippen molar-refractivity contribution in [1.82, 2.24) is 9.55 Å². The summed E-state index contributed by atoms with van der Waals surface area (Å²) >= 11 is 6.01. The number of carbonyl (C=O) groups excluding carboxylic acids is 2. The van der Waals surface area contributed by atoms with Gasteiger partial charge in [-0.3, -0.25) is 9.59 Å². The van der Waals surface area contributed by atoms with E-state index in [-0.39, 0.29) is 0 Å². The van der Waals surface area contributed by atoms with E-state index in [1.165, 1.54) is 0 Å². The SMILES string of the molecule is COc1ccc2c(c1)c(C(=O)C(=O)Nc1ccccn1)c(C)n2Cc1ccc(Cl)cc1. The highest BCUT2D eigenvalue weighted by atomic mass is 35.5. The molecule has 156 valence electrons. The molecule has 0 saturated heterocycles. The van der Waals surface area contributed by atoms with E-state index in [0.29, 0.717) is 39.8 Å². The second-order valence-electron chi connectivity index (χ2n) is 7.05. The molecule has 31 heavy (non-hydrogen) atoms. The number of halogens is 1. The lowest BCUT2D eigenvalue weighted by molar-refractivity contribution is -0.112. The van der Waals surface area contributed by atoms with Crippen molar-refractivity contribution < 1.29 is 14.3 Å². The number of fused-ring (bicyclic) bond motifs is 1. The summed E-state index contributed by atoms with van der Waals surface area (Å²) in [6.07, 6.45) is 1.55. The van der Waals surface area contributed by atoms with Gasteiger partial charge in [0.15, 0.2) is 0 Å². The number of nitrogens with one attached hydrogen (secondary N) is 1. The van der Waals surface area contributed by atoms with E-state index < -0.39 is 11.7 Å². The van der Waals surface area contributed by atoms with Crippen LogP contribution in [0.15, 0.2) is 66.9 Å². The lowest BCUT2D eigenvalue weighted by Gasteiger charge is -2.09. The van der Waals surface area contributed by atoms with Gasteiger partial charge in [0.1, 0.15) is 11.6 Å². The Morgan fingerprint density at radius 2 is 1.87 bits per heavy atom. The number of methoxy groups -OCH3 is 1. The summed E-state index contributed by atoms with van der Waals surface area (Å²) in [5, 5.41) is 3.89. The summed E-state index contributed by atoms with van der Waals surface area (Å²) in [7, 11) is 1.56. The van der Waals surface area contributed by atoms with Crippen molar-refractivity contribution in [3.05, 3.63) is 88.7 Å². The Kier molecular flexibility index (Phi) is 5.73. The van der Waals surface area contributed by atoms with Crippen LogP contribution in [0, 0.1) is 6.92 Å². The number of ketones is 1. The number of carbonyl (C=O) groups is 2. The smallest absolute Gasteiger partial charge is 0.298 e. The van der Waals surface area contributed by atoms with Gasteiger partial charge in [0.25, 0.3) is 11.7 Å². The van der Waals surface area contributed by atoms with E-state index in [1.54, 1.807) is 37.6 Å². The molecular formula is C24H20ClN3O3. The molecule has 2 heterocycles. The zero-order chi connectivity index (χ0) is 22.0. The van der Waals surface area contributed by atoms with Crippen molar-refractivity contribution in [2.24, 2.45) is 0 Å². The Morgan fingerprint density at radius 1 is 1.10 bits per heavy atom. The average molecular weight is 434 g/mol. The maximum atomic E-state index is 13.2. The summed E-state index contributed by atoms with van der Waals surface area (Å²) in [5.41, 5.74) is 2.90. The number of nitrogens with zero attached hydrogens (tertiary/aromatic N) is 2. The van der Waals surface area contributed by atoms with Crippen molar-refractivity contribution in [3.63, 3.8) is 0 Å². The van der Waals surface area contributed by atoms with Gasteiger partial charge in [-0.2, -0.15) is 0 Å². The molecule has 0 atom stereocenters. The van der Waals surface area contributed by atoms with Gasteiger partial charge in [0.05, 0.1) is 12.7 Å². The number of rotatable bonds is 6. The zero-order valence-electron chi connectivity index (χ0n) is 17.1. The first kappa shape index (κ1) is 20.6. The van der Waals surface area contributed by atoms with Crippen LogP contribution in [0.25, 0.3) is 10.9 Å². The van der Waals surface area contributed by atoms with Crippen LogP contribution in [0.5, 0.6) is 5.75 Å². The predicted octanol–water partition coefficient (Wildman–Crippen LogP) is 4.88. The summed E-state index contributed by atoms with van der Waals surface area (Å²) in [5.74, 6) is -0.442. The van der Waals surface area contributed by atoms with E-state index >= 15 is 0 Å². The Balaban J connectivity index is 1.78. The maximum absolute atomic E-state index is 13.2. The number of Topliss-reactive ketones (excluding diaryl/α,β-unsaturated/α-hetero) is 1. The van der Waals surface area contributed by atoms with Crippen LogP contribution >= 0.6 is 11.6 Å². The molecule has 2 aromatic carbocycles. The third-order valence-electron chi connectivity index (χ3n) is 5.12. The van der Waals surface area contributed by atoms with Gasteiger partial charge in [-0.15, -0.1) is 0 Å². The predicted molar refractivity (Wildman–Crippen MR) is 121 cm³/mol. The summed E-state index contributed by atoms with van der Waals surface area (Å²) in [6, 6.07) is 18.1. The van der Waals surface area contributed by atoms with Crippen molar-refractivity contribution in [1.29, 1.82) is 0 Å². The molecule has 0 radical (unpaired) electrons. The number of pyridine rings is 1. The summed E-state index contributed by atoms with van der Waals surface area (Å²) < 4.78 is 7.36. The maximum Gasteiger partial charge on any atom is 0.298 e. The lowest BCUT2D eigenvalue weighted by Crippen LogP contribution is -2.24. The minimum absolute atomic E-state index is 0.320. The van der Waals surface area contributed by atoms with Gasteiger partial charge in [0.2, 0.25) is 0 Å². The quantitative estimate of drug-likeness (QED) is 0.347. The molecule has 0 aliphatic heterocycles. The molecule has 0 bridgehead atoms. The Labute approximate surface area is 184 Å². The van der Waals surface area contributed by atoms with Gasteiger partial charge in [-0.05, 0) is 55.0 Å². The number of amides is 1. The first-order chi connectivity index (χ1) is 15.0. The number of benzene rings is 2. The number of anilines is 1. The van der Waals surface area contributed by atoms with E-state index in [0.717, 1.165) is 11.1 Å². The molecule has 1 amide bonds. The van der Waals surface area contributed by atoms with Crippen LogP contribution < -0.4 is 10.1 Å². The molecule has 7 heteroatoms. The first-order valence-electron chi connectivity index (χ1n) is 9.66. The third-order valence-corrected chi connectivity index (χ3v) is 5.38. The highest BCUT2D eigenvalue weighted by molar-refractivity contribution is 6.48. The number of hydrogen-bond donors (Lipinski definition) is 1. The Hall–Kier alpha value is -3.64. The molecule has 1 N–H and O–H groups in total. The monoisotopic (exact) mass is 433 g/mol. The van der Waals surface area contributed by atoms with Crippen LogP contribution in [0.1, 0.15) is 21.6 Å². The van der Waals surface area contributed by atoms with Crippen LogP contribution in [0.3, 0.4) is 0 Å². The number of aromatic nitrogens is 2.